The van der Waals surface area contributed by atoms with E-state index < -0.39 is 0 Å². The van der Waals surface area contributed by atoms with Gasteiger partial charge in [0, 0.05) is 37.3 Å². The maximum absolute atomic E-state index is 6.15. The van der Waals surface area contributed by atoms with Crippen LogP contribution in [0, 0.1) is 0 Å². The number of fused-ring (bicyclic) bond motifs is 3. The van der Waals surface area contributed by atoms with Crippen molar-refractivity contribution in [1.29, 1.82) is 0 Å². The molecule has 2 fully saturated rings. The van der Waals surface area contributed by atoms with Crippen LogP contribution in [0.25, 0.3) is 11.0 Å². The normalized spacial score (nSPS) is 21.1. The quantitative estimate of drug-likeness (QED) is 0.357. The fourth-order valence-corrected chi connectivity index (χ4v) is 4.99. The number of hydrogen-bond donors (Lipinski definition) is 4. The first-order chi connectivity index (χ1) is 16.0. The molecule has 3 atom stereocenters. The van der Waals surface area contributed by atoms with Crippen LogP contribution in [0.5, 0.6) is 5.75 Å². The SMILES string of the molecule is CCCC(N)Nc1nc(N)nc2cn(Cc3ccc(CN4CC5CC4CN5)cc3OC)nc12. The second-order valence-electron chi connectivity index (χ2n) is 9.10. The molecule has 0 aliphatic carbocycles. The number of nitrogen functional groups attached to an aromatic ring is 1. The molecule has 2 aromatic heterocycles. The second kappa shape index (κ2) is 9.12. The van der Waals surface area contributed by atoms with E-state index in [0.717, 1.165) is 43.8 Å². The van der Waals surface area contributed by atoms with Gasteiger partial charge in [-0.1, -0.05) is 25.5 Å². The Morgan fingerprint density at radius 1 is 1.30 bits per heavy atom. The summed E-state index contributed by atoms with van der Waals surface area (Å²) in [6.07, 6.45) is 4.72. The summed E-state index contributed by atoms with van der Waals surface area (Å²) in [5.41, 5.74) is 15.7. The minimum absolute atomic E-state index is 0.195. The molecule has 0 amide bonds. The van der Waals surface area contributed by atoms with Gasteiger partial charge in [-0.15, -0.1) is 0 Å². The van der Waals surface area contributed by atoms with Gasteiger partial charge in [0.1, 0.15) is 11.3 Å². The highest BCUT2D eigenvalue weighted by atomic mass is 16.5. The van der Waals surface area contributed by atoms with Crippen molar-refractivity contribution in [1.82, 2.24) is 30.0 Å². The third kappa shape index (κ3) is 4.59. The molecule has 1 aromatic carbocycles. The predicted molar refractivity (Wildman–Crippen MR) is 129 cm³/mol. The summed E-state index contributed by atoms with van der Waals surface area (Å²) >= 11 is 0. The van der Waals surface area contributed by atoms with E-state index in [9.17, 15) is 0 Å². The number of ether oxygens (including phenoxy) is 1. The Labute approximate surface area is 193 Å². The highest BCUT2D eigenvalue weighted by Crippen LogP contribution is 2.28. The number of aromatic nitrogens is 4. The summed E-state index contributed by atoms with van der Waals surface area (Å²) in [5, 5.41) is 11.5. The summed E-state index contributed by atoms with van der Waals surface area (Å²) in [6.45, 7) is 5.81. The molecule has 33 heavy (non-hydrogen) atoms. The maximum Gasteiger partial charge on any atom is 0.222 e. The van der Waals surface area contributed by atoms with Crippen LogP contribution in [0.2, 0.25) is 0 Å². The van der Waals surface area contributed by atoms with E-state index in [-0.39, 0.29) is 12.1 Å². The lowest BCUT2D eigenvalue weighted by Gasteiger charge is -2.27. The predicted octanol–water partition coefficient (Wildman–Crippen LogP) is 1.51. The molecular weight excluding hydrogens is 418 g/mol. The third-order valence-electron chi connectivity index (χ3n) is 6.59. The van der Waals surface area contributed by atoms with Crippen LogP contribution in [-0.4, -0.2) is 63.1 Å². The first-order valence-corrected chi connectivity index (χ1v) is 11.7. The number of methoxy groups -OCH3 is 1. The van der Waals surface area contributed by atoms with Crippen LogP contribution in [0.15, 0.2) is 24.4 Å². The van der Waals surface area contributed by atoms with Gasteiger partial charge in [-0.25, -0.2) is 4.98 Å². The molecule has 2 aliphatic heterocycles. The van der Waals surface area contributed by atoms with E-state index in [2.05, 4.69) is 50.6 Å². The number of benzene rings is 1. The van der Waals surface area contributed by atoms with E-state index in [1.165, 1.54) is 12.0 Å². The number of piperazine rings is 1. The highest BCUT2D eigenvalue weighted by molar-refractivity contribution is 5.85. The van der Waals surface area contributed by atoms with Crippen molar-refractivity contribution < 1.29 is 4.74 Å². The Balaban J connectivity index is 1.35. The number of nitrogens with zero attached hydrogens (tertiary/aromatic N) is 5. The first-order valence-electron chi connectivity index (χ1n) is 11.7. The molecule has 5 rings (SSSR count). The van der Waals surface area contributed by atoms with Crippen LogP contribution in [0.3, 0.4) is 0 Å². The van der Waals surface area contributed by atoms with Crippen molar-refractivity contribution in [2.24, 2.45) is 5.73 Å². The van der Waals surface area contributed by atoms with Crippen molar-refractivity contribution in [2.75, 3.05) is 31.2 Å². The lowest BCUT2D eigenvalue weighted by atomic mass is 10.1. The molecule has 0 radical (unpaired) electrons. The molecule has 0 spiro atoms. The highest BCUT2D eigenvalue weighted by Gasteiger charge is 2.37. The largest absolute Gasteiger partial charge is 0.496 e. The van der Waals surface area contributed by atoms with Gasteiger partial charge in [0.25, 0.3) is 0 Å². The van der Waals surface area contributed by atoms with Crippen LogP contribution in [-0.2, 0) is 13.1 Å². The van der Waals surface area contributed by atoms with E-state index in [1.807, 2.05) is 10.9 Å². The Hall–Kier alpha value is -2.95. The number of nitrogens with one attached hydrogen (secondary N) is 2. The Kier molecular flexibility index (Phi) is 6.05. The number of hydrogen-bond acceptors (Lipinski definition) is 9. The average molecular weight is 452 g/mol. The monoisotopic (exact) mass is 451 g/mol. The lowest BCUT2D eigenvalue weighted by molar-refractivity contribution is 0.217. The minimum Gasteiger partial charge on any atom is -0.496 e. The number of anilines is 2. The van der Waals surface area contributed by atoms with Gasteiger partial charge in [-0.05, 0) is 24.5 Å². The first kappa shape index (κ1) is 21.9. The molecule has 10 heteroatoms. The van der Waals surface area contributed by atoms with Gasteiger partial charge in [-0.3, -0.25) is 9.58 Å². The van der Waals surface area contributed by atoms with Crippen LogP contribution < -0.4 is 26.8 Å². The summed E-state index contributed by atoms with van der Waals surface area (Å²) in [4.78, 5) is 11.2. The molecule has 2 saturated heterocycles. The summed E-state index contributed by atoms with van der Waals surface area (Å²) in [6, 6.07) is 7.77. The zero-order chi connectivity index (χ0) is 22.9. The van der Waals surface area contributed by atoms with Crippen molar-refractivity contribution in [3.8, 4) is 5.75 Å². The lowest BCUT2D eigenvalue weighted by Crippen LogP contribution is -2.42. The van der Waals surface area contributed by atoms with E-state index in [1.54, 1.807) is 7.11 Å². The maximum atomic E-state index is 6.15. The molecule has 4 heterocycles. The van der Waals surface area contributed by atoms with Gasteiger partial charge >= 0.3 is 0 Å². The number of rotatable bonds is 9. The molecule has 3 unspecified atom stereocenters. The van der Waals surface area contributed by atoms with Crippen LogP contribution in [0.1, 0.15) is 37.3 Å². The van der Waals surface area contributed by atoms with Crippen LogP contribution >= 0.6 is 0 Å². The summed E-state index contributed by atoms with van der Waals surface area (Å²) in [7, 11) is 1.72. The topological polar surface area (TPSA) is 132 Å². The molecule has 2 aliphatic rings. The Morgan fingerprint density at radius 2 is 2.18 bits per heavy atom. The fraction of sp³-hybridized carbons (Fsp3) is 0.522. The number of likely N-dealkylation sites (tertiary alicyclic amines) is 1. The molecule has 2 bridgehead atoms. The molecule has 176 valence electrons. The van der Waals surface area contributed by atoms with Gasteiger partial charge in [0.15, 0.2) is 11.3 Å². The molecule has 6 N–H and O–H groups in total. The molecular formula is C23H33N9O. The van der Waals surface area contributed by atoms with Crippen molar-refractivity contribution in [2.45, 2.75) is 57.5 Å². The van der Waals surface area contributed by atoms with E-state index in [0.29, 0.717) is 35.5 Å². The standard InChI is InChI=1S/C23H33N9O/c1-3-4-20(24)28-22-21-18(27-23(25)29-22)13-32(30-21)11-15-6-5-14(7-19(15)33-2)10-31-12-16-8-17(31)9-26-16/h5-7,13,16-17,20,26H,3-4,8-12,24H2,1-2H3,(H3,25,27,28,29). The molecule has 3 aromatic rings. The summed E-state index contributed by atoms with van der Waals surface area (Å²) < 4.78 is 7.58. The van der Waals surface area contributed by atoms with E-state index >= 15 is 0 Å². The van der Waals surface area contributed by atoms with Gasteiger partial charge in [0.05, 0.1) is 26.0 Å². The Morgan fingerprint density at radius 3 is 2.91 bits per heavy atom. The number of nitrogens with two attached hydrogens (primary N) is 2. The third-order valence-corrected chi connectivity index (χ3v) is 6.59. The minimum atomic E-state index is -0.216. The van der Waals surface area contributed by atoms with Crippen LogP contribution in [0.4, 0.5) is 11.8 Å². The fourth-order valence-electron chi connectivity index (χ4n) is 4.99. The Bertz CT molecular complexity index is 1130. The second-order valence-corrected chi connectivity index (χ2v) is 9.10. The summed E-state index contributed by atoms with van der Waals surface area (Å²) in [5.74, 6) is 1.62. The molecule has 10 nitrogen and oxygen atoms in total. The van der Waals surface area contributed by atoms with E-state index in [4.69, 9.17) is 21.3 Å². The van der Waals surface area contributed by atoms with Crippen molar-refractivity contribution >= 4 is 22.8 Å². The van der Waals surface area contributed by atoms with Gasteiger partial charge in [-0.2, -0.15) is 10.1 Å². The molecule has 0 saturated carbocycles. The smallest absolute Gasteiger partial charge is 0.222 e. The van der Waals surface area contributed by atoms with Crippen molar-refractivity contribution in [3.63, 3.8) is 0 Å². The zero-order valence-electron chi connectivity index (χ0n) is 19.3. The van der Waals surface area contributed by atoms with Gasteiger partial charge in [0.2, 0.25) is 5.95 Å². The van der Waals surface area contributed by atoms with Gasteiger partial charge < -0.3 is 26.8 Å². The zero-order valence-corrected chi connectivity index (χ0v) is 19.3. The average Bonchev–Trinajstić information content (AvgIpc) is 3.50. The van der Waals surface area contributed by atoms with Crippen molar-refractivity contribution in [3.05, 3.63) is 35.5 Å².